The molecule has 0 bridgehead atoms. The number of rotatable bonds is 5. The zero-order valence-electron chi connectivity index (χ0n) is 16.2. The number of fused-ring (bicyclic) bond motifs is 1. The first-order valence-corrected chi connectivity index (χ1v) is 9.87. The smallest absolute Gasteiger partial charge is 0.229 e. The van der Waals surface area contributed by atoms with E-state index in [0.29, 0.717) is 25.9 Å². The fourth-order valence-corrected chi connectivity index (χ4v) is 4.49. The highest BCUT2D eigenvalue weighted by Crippen LogP contribution is 2.38. The van der Waals surface area contributed by atoms with Gasteiger partial charge in [-0.25, -0.2) is 0 Å². The first kappa shape index (κ1) is 18.7. The molecule has 2 aliphatic heterocycles. The second kappa shape index (κ2) is 7.75. The lowest BCUT2D eigenvalue weighted by atomic mass is 9.69. The maximum absolute atomic E-state index is 13.3. The second-order valence-corrected chi connectivity index (χ2v) is 7.97. The van der Waals surface area contributed by atoms with Crippen LogP contribution < -0.4 is 10.6 Å². The van der Waals surface area contributed by atoms with Crippen LogP contribution >= 0.6 is 0 Å². The Morgan fingerprint density at radius 2 is 2.14 bits per heavy atom. The van der Waals surface area contributed by atoms with Gasteiger partial charge in [0.2, 0.25) is 11.8 Å². The molecule has 3 heterocycles. The van der Waals surface area contributed by atoms with Crippen LogP contribution in [-0.2, 0) is 29.7 Å². The van der Waals surface area contributed by atoms with Crippen molar-refractivity contribution in [2.45, 2.75) is 38.4 Å². The molecule has 7 heteroatoms. The summed E-state index contributed by atoms with van der Waals surface area (Å²) in [5, 5.41) is 10.5. The Morgan fingerprint density at radius 1 is 1.32 bits per heavy atom. The molecule has 2 amide bonds. The van der Waals surface area contributed by atoms with Gasteiger partial charge in [0, 0.05) is 57.4 Å². The van der Waals surface area contributed by atoms with Crippen LogP contribution in [0.3, 0.4) is 0 Å². The van der Waals surface area contributed by atoms with E-state index in [1.165, 1.54) is 0 Å². The van der Waals surface area contributed by atoms with E-state index in [1.807, 2.05) is 49.8 Å². The van der Waals surface area contributed by atoms with Gasteiger partial charge >= 0.3 is 0 Å². The van der Waals surface area contributed by atoms with Crippen molar-refractivity contribution in [1.82, 2.24) is 25.3 Å². The summed E-state index contributed by atoms with van der Waals surface area (Å²) in [4.78, 5) is 27.6. The van der Waals surface area contributed by atoms with Crippen molar-refractivity contribution >= 4 is 11.8 Å². The number of likely N-dealkylation sites (tertiary alicyclic amines) is 1. The van der Waals surface area contributed by atoms with Crippen LogP contribution in [0.5, 0.6) is 0 Å². The average molecular weight is 381 g/mol. The van der Waals surface area contributed by atoms with Gasteiger partial charge in [0.05, 0.1) is 11.6 Å². The Bertz CT molecular complexity index is 849. The summed E-state index contributed by atoms with van der Waals surface area (Å²) in [6, 6.07) is 9.82. The number of amides is 2. The third kappa shape index (κ3) is 3.80. The Hall–Kier alpha value is -2.67. The lowest BCUT2D eigenvalue weighted by molar-refractivity contribution is -0.144. The highest BCUT2D eigenvalue weighted by atomic mass is 16.2. The topological polar surface area (TPSA) is 79.3 Å². The molecule has 2 saturated heterocycles. The molecule has 0 aliphatic carbocycles. The Kier molecular flexibility index (Phi) is 5.17. The summed E-state index contributed by atoms with van der Waals surface area (Å²) in [5.41, 5.74) is 1.63. The molecule has 2 N–H and O–H groups in total. The lowest BCUT2D eigenvalue weighted by Crippen LogP contribution is -2.66. The molecule has 4 rings (SSSR count). The molecule has 2 fully saturated rings. The molecule has 0 radical (unpaired) electrons. The molecule has 2 aromatic rings. The second-order valence-electron chi connectivity index (χ2n) is 7.97. The fourth-order valence-electron chi connectivity index (χ4n) is 4.49. The first-order valence-electron chi connectivity index (χ1n) is 9.87. The quantitative estimate of drug-likeness (QED) is 0.816. The molecule has 28 heavy (non-hydrogen) atoms. The molecule has 148 valence electrons. The standard InChI is InChI=1S/C21H27N5O2/c1-25-13-17(12-23-25)14-26-10-8-18-21(15-26,9-7-19(27)24-18)20(28)22-11-16-5-3-2-4-6-16/h2-6,12-13,18H,7-11,14-15H2,1H3,(H,22,28)(H,24,27)/t18-,21+/m1/s1. The van der Waals surface area contributed by atoms with Crippen LogP contribution in [0.2, 0.25) is 0 Å². The summed E-state index contributed by atoms with van der Waals surface area (Å²) in [5.74, 6) is 0.0921. The number of piperidine rings is 2. The fraction of sp³-hybridized carbons (Fsp3) is 0.476. The lowest BCUT2D eigenvalue weighted by Gasteiger charge is -2.49. The average Bonchev–Trinajstić information content (AvgIpc) is 3.11. The van der Waals surface area contributed by atoms with Gasteiger partial charge in [-0.15, -0.1) is 0 Å². The van der Waals surface area contributed by atoms with Gasteiger partial charge in [0.1, 0.15) is 0 Å². The van der Waals surface area contributed by atoms with E-state index < -0.39 is 5.41 Å². The number of hydrogen-bond acceptors (Lipinski definition) is 4. The van der Waals surface area contributed by atoms with Crippen LogP contribution in [-0.4, -0.2) is 45.6 Å². The molecule has 2 aliphatic rings. The van der Waals surface area contributed by atoms with Crippen molar-refractivity contribution in [3.05, 3.63) is 53.9 Å². The number of hydrogen-bond donors (Lipinski definition) is 2. The number of carbonyl (C=O) groups is 2. The summed E-state index contributed by atoms with van der Waals surface area (Å²) < 4.78 is 1.80. The summed E-state index contributed by atoms with van der Waals surface area (Å²) in [6.07, 6.45) is 5.65. The van der Waals surface area contributed by atoms with Gasteiger partial charge in [-0.2, -0.15) is 5.10 Å². The molecular weight excluding hydrogens is 354 g/mol. The Labute approximate surface area is 165 Å². The minimum absolute atomic E-state index is 0.0391. The predicted octanol–water partition coefficient (Wildman–Crippen LogP) is 1.21. The van der Waals surface area contributed by atoms with Crippen molar-refractivity contribution in [3.63, 3.8) is 0 Å². The molecule has 0 unspecified atom stereocenters. The van der Waals surface area contributed by atoms with Crippen molar-refractivity contribution in [2.75, 3.05) is 13.1 Å². The van der Waals surface area contributed by atoms with E-state index in [1.54, 1.807) is 4.68 Å². The monoisotopic (exact) mass is 381 g/mol. The van der Waals surface area contributed by atoms with Gasteiger partial charge in [0.15, 0.2) is 0 Å². The van der Waals surface area contributed by atoms with E-state index >= 15 is 0 Å². The number of aryl methyl sites for hydroxylation is 1. The highest BCUT2D eigenvalue weighted by molar-refractivity contribution is 5.88. The molecule has 0 saturated carbocycles. The molecular formula is C21H27N5O2. The molecule has 2 atom stereocenters. The van der Waals surface area contributed by atoms with Crippen LogP contribution in [0, 0.1) is 5.41 Å². The maximum atomic E-state index is 13.3. The summed E-state index contributed by atoms with van der Waals surface area (Å²) >= 11 is 0. The number of aromatic nitrogens is 2. The van der Waals surface area contributed by atoms with Gasteiger partial charge in [0.25, 0.3) is 0 Å². The highest BCUT2D eigenvalue weighted by Gasteiger charge is 2.51. The SMILES string of the molecule is Cn1cc(CN2CC[C@H]3NC(=O)CC[C@]3(C(=O)NCc3ccccc3)C2)cn1. The van der Waals surface area contributed by atoms with Crippen molar-refractivity contribution in [2.24, 2.45) is 12.5 Å². The van der Waals surface area contributed by atoms with Gasteiger partial charge in [-0.05, 0) is 18.4 Å². The predicted molar refractivity (Wildman–Crippen MR) is 105 cm³/mol. The number of carbonyl (C=O) groups excluding carboxylic acids is 2. The number of nitrogens with zero attached hydrogens (tertiary/aromatic N) is 3. The van der Waals surface area contributed by atoms with Gasteiger partial charge in [-0.1, -0.05) is 30.3 Å². The third-order valence-electron chi connectivity index (χ3n) is 5.95. The van der Waals surface area contributed by atoms with Crippen molar-refractivity contribution in [3.8, 4) is 0 Å². The van der Waals surface area contributed by atoms with E-state index in [4.69, 9.17) is 0 Å². The van der Waals surface area contributed by atoms with Crippen LogP contribution in [0.15, 0.2) is 42.7 Å². The van der Waals surface area contributed by atoms with Gasteiger partial charge < -0.3 is 10.6 Å². The normalized spacial score (nSPS) is 25.0. The van der Waals surface area contributed by atoms with E-state index in [9.17, 15) is 9.59 Å². The third-order valence-corrected chi connectivity index (χ3v) is 5.95. The largest absolute Gasteiger partial charge is 0.352 e. The summed E-state index contributed by atoms with van der Waals surface area (Å²) in [7, 11) is 1.91. The Balaban J connectivity index is 1.50. The zero-order valence-corrected chi connectivity index (χ0v) is 16.2. The van der Waals surface area contributed by atoms with E-state index in [-0.39, 0.29) is 17.9 Å². The maximum Gasteiger partial charge on any atom is 0.229 e. The van der Waals surface area contributed by atoms with Crippen LogP contribution in [0.25, 0.3) is 0 Å². The van der Waals surface area contributed by atoms with E-state index in [0.717, 1.165) is 30.6 Å². The number of benzene rings is 1. The van der Waals surface area contributed by atoms with E-state index in [2.05, 4.69) is 20.6 Å². The zero-order chi connectivity index (χ0) is 19.6. The number of nitrogens with one attached hydrogen (secondary N) is 2. The molecule has 1 aromatic carbocycles. The van der Waals surface area contributed by atoms with Crippen molar-refractivity contribution < 1.29 is 9.59 Å². The van der Waals surface area contributed by atoms with Crippen LogP contribution in [0.4, 0.5) is 0 Å². The van der Waals surface area contributed by atoms with Gasteiger partial charge in [-0.3, -0.25) is 19.2 Å². The molecule has 7 nitrogen and oxygen atoms in total. The van der Waals surface area contributed by atoms with Crippen LogP contribution in [0.1, 0.15) is 30.4 Å². The minimum atomic E-state index is -0.580. The Morgan fingerprint density at radius 3 is 2.89 bits per heavy atom. The minimum Gasteiger partial charge on any atom is -0.352 e. The molecule has 0 spiro atoms. The summed E-state index contributed by atoms with van der Waals surface area (Å²) in [6.45, 7) is 2.77. The first-order chi connectivity index (χ1) is 13.5. The molecule has 1 aromatic heterocycles. The van der Waals surface area contributed by atoms with Crippen molar-refractivity contribution in [1.29, 1.82) is 0 Å².